The number of nitrogens with zero attached hydrogens (tertiary/aromatic N) is 4. The molecule has 0 N–H and O–H groups in total. The lowest BCUT2D eigenvalue weighted by Crippen LogP contribution is -2.25. The molecule has 5 heterocycles. The molecule has 0 bridgehead atoms. The number of hydrogen-bond donors (Lipinski definition) is 0. The van der Waals surface area contributed by atoms with E-state index < -0.39 is 5.41 Å². The van der Waals surface area contributed by atoms with E-state index in [0.717, 1.165) is 66.0 Å². The monoisotopic (exact) mass is 906 g/mol. The van der Waals surface area contributed by atoms with Crippen molar-refractivity contribution in [3.05, 3.63) is 229 Å². The maximum atomic E-state index is 6.62. The zero-order valence-electron chi connectivity index (χ0n) is 37.2. The molecule has 2 aliphatic carbocycles. The largest absolute Gasteiger partial charge is 0.456 e. The standard InChI is InChI=1S/C64H34N4OS/c1-6-21-48-37(13-1)38-14-2-7-22-49(38)64(48)50-23-8-3-15-39(50)40-29-27-35(33-51(40)64)61-65-62(36-28-30-43-42-17-5-10-26-55(42)70-56(43)34-36)67-63(66-61)47-20-11-19-45-44-18-12-25-53-57(44)58-54(69-53)32-31-46-41-16-4-9-24-52(41)68(59(45)47)60(46)58/h1-34H. The average Bonchev–Trinajstić information content (AvgIpc) is 4.21. The number of para-hydroxylation sites is 2. The van der Waals surface area contributed by atoms with Gasteiger partial charge in [0.1, 0.15) is 11.2 Å². The lowest BCUT2D eigenvalue weighted by Gasteiger charge is -2.30. The van der Waals surface area contributed by atoms with Gasteiger partial charge >= 0.3 is 0 Å². The molecule has 322 valence electrons. The third kappa shape index (κ3) is 4.55. The van der Waals surface area contributed by atoms with E-state index in [1.165, 1.54) is 75.5 Å². The van der Waals surface area contributed by atoms with Crippen molar-refractivity contribution in [2.24, 2.45) is 0 Å². The van der Waals surface area contributed by atoms with E-state index in [2.05, 4.69) is 211 Å². The van der Waals surface area contributed by atoms with Crippen LogP contribution in [-0.4, -0.2) is 19.4 Å². The summed E-state index contributed by atoms with van der Waals surface area (Å²) in [7, 11) is 0. The summed E-state index contributed by atoms with van der Waals surface area (Å²) in [6, 6.07) is 75.2. The Morgan fingerprint density at radius 1 is 0.357 bits per heavy atom. The molecule has 0 unspecified atom stereocenters. The number of fused-ring (bicyclic) bond motifs is 19. The zero-order valence-corrected chi connectivity index (χ0v) is 38.1. The molecule has 6 heteroatoms. The minimum atomic E-state index is -0.509. The van der Waals surface area contributed by atoms with Crippen molar-refractivity contribution in [3.8, 4) is 56.4 Å². The lowest BCUT2D eigenvalue weighted by molar-refractivity contribution is 0.669. The highest BCUT2D eigenvalue weighted by atomic mass is 32.1. The van der Waals surface area contributed by atoms with E-state index in [1.807, 2.05) is 0 Å². The van der Waals surface area contributed by atoms with E-state index in [9.17, 15) is 0 Å². The highest BCUT2D eigenvalue weighted by molar-refractivity contribution is 7.25. The number of hydrogen-bond acceptors (Lipinski definition) is 5. The van der Waals surface area contributed by atoms with Crippen LogP contribution in [0.25, 0.3) is 137 Å². The van der Waals surface area contributed by atoms with Gasteiger partial charge in [0.05, 0.1) is 27.4 Å². The molecule has 0 saturated carbocycles. The minimum Gasteiger partial charge on any atom is -0.456 e. The number of benzene rings is 10. The number of furan rings is 1. The van der Waals surface area contributed by atoms with Crippen LogP contribution in [0, 0.1) is 0 Å². The molecule has 5 nitrogen and oxygen atoms in total. The first-order chi connectivity index (χ1) is 34.7. The van der Waals surface area contributed by atoms with Crippen molar-refractivity contribution >= 4 is 91.5 Å². The van der Waals surface area contributed by atoms with Gasteiger partial charge in [0.25, 0.3) is 0 Å². The van der Waals surface area contributed by atoms with Crippen molar-refractivity contribution < 1.29 is 4.42 Å². The Morgan fingerprint density at radius 2 is 0.900 bits per heavy atom. The average molecular weight is 907 g/mol. The zero-order chi connectivity index (χ0) is 45.4. The number of thiophene rings is 1. The summed E-state index contributed by atoms with van der Waals surface area (Å²) >= 11 is 1.81. The first-order valence-electron chi connectivity index (χ1n) is 23.8. The first-order valence-corrected chi connectivity index (χ1v) is 24.7. The minimum absolute atomic E-state index is 0.509. The van der Waals surface area contributed by atoms with Gasteiger partial charge in [0.2, 0.25) is 0 Å². The van der Waals surface area contributed by atoms with Crippen LogP contribution in [0.15, 0.2) is 211 Å². The summed E-state index contributed by atoms with van der Waals surface area (Å²) in [5.74, 6) is 1.86. The molecule has 70 heavy (non-hydrogen) atoms. The maximum Gasteiger partial charge on any atom is 0.166 e. The Bertz CT molecular complexity index is 4740. The van der Waals surface area contributed by atoms with Crippen molar-refractivity contribution in [1.82, 2.24) is 19.4 Å². The number of aromatic nitrogens is 4. The summed E-state index contributed by atoms with van der Waals surface area (Å²) in [6.45, 7) is 0. The second-order valence-electron chi connectivity index (χ2n) is 18.9. The summed E-state index contributed by atoms with van der Waals surface area (Å²) in [5.41, 5.74) is 17.5. The molecule has 0 amide bonds. The fourth-order valence-corrected chi connectivity index (χ4v) is 14.0. The topological polar surface area (TPSA) is 56.2 Å². The van der Waals surface area contributed by atoms with Crippen LogP contribution < -0.4 is 0 Å². The third-order valence-corrected chi connectivity index (χ3v) is 16.7. The van der Waals surface area contributed by atoms with Gasteiger partial charge in [-0.3, -0.25) is 0 Å². The normalized spacial score (nSPS) is 13.5. The summed E-state index contributed by atoms with van der Waals surface area (Å²) < 4.78 is 11.5. The Labute approximate surface area is 403 Å². The van der Waals surface area contributed by atoms with Crippen LogP contribution in [0.1, 0.15) is 22.3 Å². The van der Waals surface area contributed by atoms with Crippen molar-refractivity contribution in [3.63, 3.8) is 0 Å². The van der Waals surface area contributed by atoms with Crippen LogP contribution in [0.4, 0.5) is 0 Å². The highest BCUT2D eigenvalue weighted by Gasteiger charge is 2.51. The fourth-order valence-electron chi connectivity index (χ4n) is 12.9. The van der Waals surface area contributed by atoms with Gasteiger partial charge < -0.3 is 8.82 Å². The number of rotatable bonds is 3. The van der Waals surface area contributed by atoms with Crippen LogP contribution in [0.2, 0.25) is 0 Å². The highest BCUT2D eigenvalue weighted by Crippen LogP contribution is 2.63. The van der Waals surface area contributed by atoms with Gasteiger partial charge in [0, 0.05) is 58.4 Å². The molecule has 5 aromatic heterocycles. The van der Waals surface area contributed by atoms with E-state index in [4.69, 9.17) is 19.4 Å². The molecule has 0 radical (unpaired) electrons. The Morgan fingerprint density at radius 3 is 1.69 bits per heavy atom. The van der Waals surface area contributed by atoms with Crippen LogP contribution >= 0.6 is 11.3 Å². The lowest BCUT2D eigenvalue weighted by atomic mass is 9.70. The van der Waals surface area contributed by atoms with Gasteiger partial charge in [-0.1, -0.05) is 158 Å². The second-order valence-corrected chi connectivity index (χ2v) is 20.0. The quantitative estimate of drug-likeness (QED) is 0.177. The van der Waals surface area contributed by atoms with Gasteiger partial charge in [-0.25, -0.2) is 15.0 Å². The molecule has 0 saturated heterocycles. The predicted molar refractivity (Wildman–Crippen MR) is 287 cm³/mol. The van der Waals surface area contributed by atoms with Crippen molar-refractivity contribution in [2.45, 2.75) is 5.41 Å². The molecule has 0 atom stereocenters. The Kier molecular flexibility index (Phi) is 6.97. The van der Waals surface area contributed by atoms with E-state index in [1.54, 1.807) is 11.3 Å². The molecule has 0 fully saturated rings. The van der Waals surface area contributed by atoms with E-state index >= 15 is 0 Å². The summed E-state index contributed by atoms with van der Waals surface area (Å²) in [6.07, 6.45) is 0. The summed E-state index contributed by atoms with van der Waals surface area (Å²) in [5, 5.41) is 9.33. The molecule has 15 aromatic rings. The summed E-state index contributed by atoms with van der Waals surface area (Å²) in [4.78, 5) is 16.7. The Hall–Kier alpha value is -8.97. The SMILES string of the molecule is c1ccc2c(c1)-c1ccccc1C21c2ccccc2-c2ccc(-c3nc(-c4ccc5c(c4)sc4ccccc45)nc(-c4cccc5c6cccc7oc8ccc9c%10ccccc%10n(c45)c9c8c76)n3)cc21. The van der Waals surface area contributed by atoms with Gasteiger partial charge in [-0.15, -0.1) is 11.3 Å². The molecule has 2 aliphatic rings. The van der Waals surface area contributed by atoms with Gasteiger partial charge in [-0.05, 0) is 98.4 Å². The molecule has 1 spiro atoms. The van der Waals surface area contributed by atoms with Crippen molar-refractivity contribution in [2.75, 3.05) is 0 Å². The molecule has 0 aliphatic heterocycles. The van der Waals surface area contributed by atoms with E-state index in [0.29, 0.717) is 17.5 Å². The third-order valence-electron chi connectivity index (χ3n) is 15.6. The predicted octanol–water partition coefficient (Wildman–Crippen LogP) is 16.6. The fraction of sp³-hybridized carbons (Fsp3) is 0.0156. The Balaban J connectivity index is 0.984. The first kappa shape index (κ1) is 37.1. The van der Waals surface area contributed by atoms with Gasteiger partial charge in [-0.2, -0.15) is 0 Å². The smallest absolute Gasteiger partial charge is 0.166 e. The van der Waals surface area contributed by atoms with Crippen LogP contribution in [0.5, 0.6) is 0 Å². The van der Waals surface area contributed by atoms with Crippen molar-refractivity contribution in [1.29, 1.82) is 0 Å². The molecule has 17 rings (SSSR count). The van der Waals surface area contributed by atoms with Gasteiger partial charge in [0.15, 0.2) is 17.5 Å². The van der Waals surface area contributed by atoms with Crippen LogP contribution in [-0.2, 0) is 5.41 Å². The second kappa shape index (κ2) is 13.2. The molecule has 10 aromatic carbocycles. The van der Waals surface area contributed by atoms with Crippen LogP contribution in [0.3, 0.4) is 0 Å². The molecular weight excluding hydrogens is 873 g/mol. The maximum absolute atomic E-state index is 6.62. The molecular formula is C64H34N4OS. The van der Waals surface area contributed by atoms with E-state index in [-0.39, 0.29) is 0 Å².